The maximum absolute atomic E-state index is 13.6. The molecule has 0 unspecified atom stereocenters. The third kappa shape index (κ3) is 3.24. The Kier molecular flexibility index (Phi) is 4.67. The first-order chi connectivity index (χ1) is 16.5. The Morgan fingerprint density at radius 3 is 2.24 bits per heavy atom. The van der Waals surface area contributed by atoms with Crippen LogP contribution in [0.5, 0.6) is 0 Å². The molecule has 1 amide bonds. The number of nitrogens with zero attached hydrogens (tertiary/aromatic N) is 4. The monoisotopic (exact) mass is 464 g/mol. The summed E-state index contributed by atoms with van der Waals surface area (Å²) >= 11 is 1.21. The molecule has 0 spiro atoms. The number of carbonyl (C=O) groups is 1. The van der Waals surface area contributed by atoms with Crippen LogP contribution < -0.4 is 15.0 Å². The molecule has 0 saturated heterocycles. The van der Waals surface area contributed by atoms with Crippen molar-refractivity contribution >= 4 is 33.5 Å². The number of benzene rings is 3. The molecule has 0 atom stereocenters. The summed E-state index contributed by atoms with van der Waals surface area (Å²) in [6.07, 6.45) is 0. The lowest BCUT2D eigenvalue weighted by molar-refractivity contribution is -0.113. The van der Waals surface area contributed by atoms with Crippen molar-refractivity contribution in [2.75, 3.05) is 4.90 Å². The second kappa shape index (κ2) is 7.74. The molecule has 1 aliphatic heterocycles. The van der Waals surface area contributed by atoms with Crippen LogP contribution in [0.15, 0.2) is 77.6 Å². The maximum Gasteiger partial charge on any atom is 0.291 e. The van der Waals surface area contributed by atoms with Crippen molar-refractivity contribution in [1.82, 2.24) is 14.6 Å². The number of anilines is 1. The first kappa shape index (κ1) is 20.5. The van der Waals surface area contributed by atoms with Crippen molar-refractivity contribution in [3.05, 3.63) is 110 Å². The van der Waals surface area contributed by atoms with E-state index in [-0.39, 0.29) is 11.5 Å². The number of aromatic nitrogens is 3. The van der Waals surface area contributed by atoms with E-state index in [2.05, 4.69) is 10.1 Å². The highest BCUT2D eigenvalue weighted by atomic mass is 32.1. The minimum absolute atomic E-state index is 0.179. The summed E-state index contributed by atoms with van der Waals surface area (Å²) in [6.45, 7) is 4.49. The number of fused-ring (bicyclic) bond motifs is 2. The topological polar surface area (TPSA) is 67.6 Å². The molecule has 5 aromatic rings. The summed E-state index contributed by atoms with van der Waals surface area (Å²) in [5.41, 5.74) is 5.86. The number of thiazole rings is 1. The average Bonchev–Trinajstić information content (AvgIpc) is 3.47. The van der Waals surface area contributed by atoms with Gasteiger partial charge in [0.05, 0.1) is 17.8 Å². The van der Waals surface area contributed by atoms with Crippen LogP contribution in [0.3, 0.4) is 0 Å². The van der Waals surface area contributed by atoms with Crippen LogP contribution in [-0.2, 0) is 11.3 Å². The van der Waals surface area contributed by atoms with E-state index in [0.29, 0.717) is 27.4 Å². The van der Waals surface area contributed by atoms with Gasteiger partial charge in [-0.25, -0.2) is 0 Å². The Labute approximate surface area is 199 Å². The smallest absolute Gasteiger partial charge is 0.291 e. The van der Waals surface area contributed by atoms with Gasteiger partial charge < -0.3 is 4.90 Å². The number of rotatable bonds is 3. The number of para-hydroxylation sites is 1. The van der Waals surface area contributed by atoms with E-state index in [4.69, 9.17) is 0 Å². The van der Waals surface area contributed by atoms with Gasteiger partial charge in [0.2, 0.25) is 4.96 Å². The molecule has 3 aromatic carbocycles. The van der Waals surface area contributed by atoms with Gasteiger partial charge in [-0.05, 0) is 25.5 Å². The standard InChI is InChI=1S/C27H20N4O2S/c1-16-7-11-18(12-8-16)15-30-21-6-4-3-5-20(21)22(25(30)32)23-26(33)31-27(34-23)28-24(29-31)19-13-9-17(2)10-14-19/h3-14H,15H2,1-2H3/b23-22-. The minimum Gasteiger partial charge on any atom is -0.303 e. The Bertz CT molecular complexity index is 1680. The zero-order chi connectivity index (χ0) is 23.4. The van der Waals surface area contributed by atoms with Crippen molar-refractivity contribution in [1.29, 1.82) is 0 Å². The molecule has 7 heteroatoms. The van der Waals surface area contributed by atoms with Crippen molar-refractivity contribution in [2.45, 2.75) is 20.4 Å². The van der Waals surface area contributed by atoms with E-state index in [1.807, 2.05) is 86.6 Å². The lowest BCUT2D eigenvalue weighted by atomic mass is 10.1. The molecule has 0 saturated carbocycles. The first-order valence-electron chi connectivity index (χ1n) is 11.0. The molecule has 3 heterocycles. The molecular formula is C27H20N4O2S. The lowest BCUT2D eigenvalue weighted by Crippen LogP contribution is -2.32. The number of hydrogen-bond donors (Lipinski definition) is 0. The van der Waals surface area contributed by atoms with E-state index in [1.54, 1.807) is 4.90 Å². The Morgan fingerprint density at radius 1 is 0.853 bits per heavy atom. The van der Waals surface area contributed by atoms with E-state index in [0.717, 1.165) is 27.9 Å². The number of hydrogen-bond acceptors (Lipinski definition) is 5. The van der Waals surface area contributed by atoms with Crippen molar-refractivity contribution in [3.8, 4) is 11.4 Å². The van der Waals surface area contributed by atoms with Gasteiger partial charge in [-0.3, -0.25) is 9.59 Å². The van der Waals surface area contributed by atoms with Crippen LogP contribution in [0.4, 0.5) is 5.69 Å². The van der Waals surface area contributed by atoms with Gasteiger partial charge in [0.1, 0.15) is 4.53 Å². The highest BCUT2D eigenvalue weighted by molar-refractivity contribution is 7.15. The molecule has 6 nitrogen and oxygen atoms in total. The lowest BCUT2D eigenvalue weighted by Gasteiger charge is -2.17. The number of carbonyl (C=O) groups excluding carboxylic acids is 1. The third-order valence-electron chi connectivity index (χ3n) is 6.08. The molecule has 166 valence electrons. The van der Waals surface area contributed by atoms with Crippen molar-refractivity contribution in [2.24, 2.45) is 0 Å². The van der Waals surface area contributed by atoms with Gasteiger partial charge in [-0.2, -0.15) is 9.50 Å². The van der Waals surface area contributed by atoms with Crippen LogP contribution in [0.25, 0.3) is 21.9 Å². The van der Waals surface area contributed by atoms with Crippen LogP contribution in [0.2, 0.25) is 0 Å². The third-order valence-corrected chi connectivity index (χ3v) is 7.11. The van der Waals surface area contributed by atoms with Crippen LogP contribution in [0, 0.1) is 13.8 Å². The summed E-state index contributed by atoms with van der Waals surface area (Å²) in [4.78, 5) is 33.8. The second-order valence-corrected chi connectivity index (χ2v) is 9.48. The normalized spacial score (nSPS) is 14.8. The molecule has 0 N–H and O–H groups in total. The highest BCUT2D eigenvalue weighted by Crippen LogP contribution is 2.36. The summed E-state index contributed by atoms with van der Waals surface area (Å²) in [6, 6.07) is 23.6. The summed E-state index contributed by atoms with van der Waals surface area (Å²) in [5.74, 6) is 0.321. The highest BCUT2D eigenvalue weighted by Gasteiger charge is 2.34. The summed E-state index contributed by atoms with van der Waals surface area (Å²) in [5, 5.41) is 4.45. The summed E-state index contributed by atoms with van der Waals surface area (Å²) < 4.78 is 1.68. The molecular weight excluding hydrogens is 444 g/mol. The molecule has 34 heavy (non-hydrogen) atoms. The zero-order valence-corrected chi connectivity index (χ0v) is 19.5. The molecule has 1 aliphatic rings. The number of aryl methyl sites for hydroxylation is 2. The maximum atomic E-state index is 13.6. The fourth-order valence-corrected chi connectivity index (χ4v) is 5.24. The van der Waals surface area contributed by atoms with E-state index >= 15 is 0 Å². The van der Waals surface area contributed by atoms with E-state index in [9.17, 15) is 9.59 Å². The molecule has 6 rings (SSSR count). The average molecular weight is 465 g/mol. The quantitative estimate of drug-likeness (QED) is 0.406. The largest absolute Gasteiger partial charge is 0.303 e. The minimum atomic E-state index is -0.318. The van der Waals surface area contributed by atoms with E-state index < -0.39 is 0 Å². The van der Waals surface area contributed by atoms with Crippen LogP contribution in [0.1, 0.15) is 22.3 Å². The van der Waals surface area contributed by atoms with Crippen LogP contribution in [-0.4, -0.2) is 20.5 Å². The van der Waals surface area contributed by atoms with Gasteiger partial charge in [0.15, 0.2) is 5.82 Å². The van der Waals surface area contributed by atoms with Crippen molar-refractivity contribution < 1.29 is 4.79 Å². The van der Waals surface area contributed by atoms with Gasteiger partial charge in [0.25, 0.3) is 11.5 Å². The van der Waals surface area contributed by atoms with Gasteiger partial charge in [-0.15, -0.1) is 5.10 Å². The number of amides is 1. The zero-order valence-electron chi connectivity index (χ0n) is 18.6. The molecule has 0 aliphatic carbocycles. The second-order valence-electron chi connectivity index (χ2n) is 8.50. The predicted octanol–water partition coefficient (Wildman–Crippen LogP) is 3.90. The van der Waals surface area contributed by atoms with Crippen LogP contribution >= 0.6 is 11.3 Å². The Balaban J connectivity index is 1.48. The van der Waals surface area contributed by atoms with Gasteiger partial charge in [0, 0.05) is 11.1 Å². The predicted molar refractivity (Wildman–Crippen MR) is 134 cm³/mol. The fraction of sp³-hybridized carbons (Fsp3) is 0.111. The molecule has 0 radical (unpaired) electrons. The van der Waals surface area contributed by atoms with Crippen molar-refractivity contribution in [3.63, 3.8) is 0 Å². The van der Waals surface area contributed by atoms with Gasteiger partial charge in [-0.1, -0.05) is 89.2 Å². The SMILES string of the molecule is Cc1ccc(CN2C(=O)/C(=c3\sc4nc(-c5ccc(C)cc5)nn4c3=O)c3ccccc32)cc1. The Hall–Kier alpha value is -4.10. The molecule has 0 bridgehead atoms. The fourth-order valence-electron chi connectivity index (χ4n) is 4.24. The van der Waals surface area contributed by atoms with E-state index in [1.165, 1.54) is 21.4 Å². The first-order valence-corrected chi connectivity index (χ1v) is 11.8. The molecule has 2 aromatic heterocycles. The molecule has 0 fully saturated rings. The van der Waals surface area contributed by atoms with Gasteiger partial charge >= 0.3 is 0 Å². The Morgan fingerprint density at radius 2 is 1.53 bits per heavy atom. The summed E-state index contributed by atoms with van der Waals surface area (Å²) in [7, 11) is 0.